The molecule has 8 heteroatoms. The third-order valence-corrected chi connectivity index (χ3v) is 5.26. The first-order valence-electron chi connectivity index (χ1n) is 9.98. The van der Waals surface area contributed by atoms with Crippen molar-refractivity contribution in [2.24, 2.45) is 0 Å². The number of nitrogens with one attached hydrogen (secondary N) is 2. The van der Waals surface area contributed by atoms with Gasteiger partial charge < -0.3 is 10.3 Å². The molecule has 0 unspecified atom stereocenters. The Morgan fingerprint density at radius 3 is 2.74 bits per heavy atom. The Morgan fingerprint density at radius 1 is 1.10 bits per heavy atom. The van der Waals surface area contributed by atoms with Gasteiger partial charge in [0, 0.05) is 6.20 Å². The number of H-pyrrole nitrogens is 1. The van der Waals surface area contributed by atoms with E-state index in [1.807, 2.05) is 43.3 Å². The Hall–Kier alpha value is -4.07. The highest BCUT2D eigenvalue weighted by Crippen LogP contribution is 2.27. The maximum absolute atomic E-state index is 14.6. The molecule has 0 fully saturated rings. The summed E-state index contributed by atoms with van der Waals surface area (Å²) < 4.78 is 16.0. The lowest BCUT2D eigenvalue weighted by molar-refractivity contribution is 0.630. The van der Waals surface area contributed by atoms with Crippen molar-refractivity contribution in [3.63, 3.8) is 0 Å². The number of fused-ring (bicyclic) bond motifs is 2. The van der Waals surface area contributed by atoms with Gasteiger partial charge in [-0.25, -0.2) is 19.3 Å². The number of imidazole rings is 1. The molecule has 0 aliphatic carbocycles. The Balaban J connectivity index is 1.74. The molecule has 3 aromatic heterocycles. The second-order valence-corrected chi connectivity index (χ2v) is 7.14. The van der Waals surface area contributed by atoms with Gasteiger partial charge in [-0.05, 0) is 36.8 Å². The number of anilines is 1. The molecule has 0 spiro atoms. The van der Waals surface area contributed by atoms with Crippen molar-refractivity contribution in [2.75, 3.05) is 5.32 Å². The fourth-order valence-electron chi connectivity index (χ4n) is 3.77. The number of hydrogen-bond acceptors (Lipinski definition) is 5. The van der Waals surface area contributed by atoms with Crippen LogP contribution in [0.2, 0.25) is 0 Å². The molecule has 7 nitrogen and oxygen atoms in total. The monoisotopic (exact) mass is 414 g/mol. The first-order valence-corrected chi connectivity index (χ1v) is 9.98. The molecule has 0 amide bonds. The molecular formula is C23H19FN6O. The van der Waals surface area contributed by atoms with E-state index in [1.54, 1.807) is 24.7 Å². The highest BCUT2D eigenvalue weighted by Gasteiger charge is 2.22. The second kappa shape index (κ2) is 7.64. The van der Waals surface area contributed by atoms with Gasteiger partial charge in [-0.2, -0.15) is 0 Å². The molecule has 5 aromatic rings. The topological polar surface area (TPSA) is 88.5 Å². The first kappa shape index (κ1) is 18.9. The van der Waals surface area contributed by atoms with Gasteiger partial charge in [0.25, 0.3) is 5.56 Å². The molecule has 1 atom stereocenters. The van der Waals surface area contributed by atoms with Crippen molar-refractivity contribution in [1.29, 1.82) is 0 Å². The minimum Gasteiger partial charge on any atom is -0.373 e. The van der Waals surface area contributed by atoms with Crippen LogP contribution in [0.3, 0.4) is 0 Å². The number of hydrogen-bond donors (Lipinski definition) is 2. The lowest BCUT2D eigenvalue weighted by Gasteiger charge is -2.22. The quantitative estimate of drug-likeness (QED) is 0.446. The zero-order valence-corrected chi connectivity index (χ0v) is 16.7. The molecule has 3 heterocycles. The minimum absolute atomic E-state index is 0.0245. The van der Waals surface area contributed by atoms with Crippen LogP contribution < -0.4 is 10.9 Å². The molecule has 2 aromatic carbocycles. The highest BCUT2D eigenvalue weighted by molar-refractivity contribution is 5.85. The lowest BCUT2D eigenvalue weighted by atomic mass is 10.1. The fraction of sp³-hybridized carbons (Fsp3) is 0.130. The molecule has 0 saturated carbocycles. The van der Waals surface area contributed by atoms with Crippen LogP contribution in [-0.2, 0) is 0 Å². The normalized spacial score (nSPS) is 12.3. The molecule has 0 aliphatic heterocycles. The summed E-state index contributed by atoms with van der Waals surface area (Å²) in [7, 11) is 0. The van der Waals surface area contributed by atoms with Gasteiger partial charge in [-0.15, -0.1) is 0 Å². The number of para-hydroxylation sites is 1. The number of halogens is 1. The van der Waals surface area contributed by atoms with Gasteiger partial charge in [0.05, 0.1) is 29.3 Å². The van der Waals surface area contributed by atoms with Gasteiger partial charge in [-0.3, -0.25) is 9.36 Å². The summed E-state index contributed by atoms with van der Waals surface area (Å²) in [5, 5.41) is 3.43. The van der Waals surface area contributed by atoms with E-state index in [1.165, 1.54) is 10.6 Å². The van der Waals surface area contributed by atoms with Crippen LogP contribution in [0.1, 0.15) is 25.2 Å². The third kappa shape index (κ3) is 3.22. The molecule has 0 radical (unpaired) electrons. The summed E-state index contributed by atoms with van der Waals surface area (Å²) in [6, 6.07) is 15.2. The Bertz CT molecular complexity index is 1440. The van der Waals surface area contributed by atoms with Crippen LogP contribution in [-0.4, -0.2) is 24.5 Å². The SMILES string of the molecule is CC[C@H](Nc1ccnc2[nH]cnc12)c1nc2cccc(F)c2c(=O)n1-c1ccccc1. The van der Waals surface area contributed by atoms with E-state index >= 15 is 0 Å². The number of rotatable bonds is 5. The predicted octanol–water partition coefficient (Wildman–Crippen LogP) is 4.36. The van der Waals surface area contributed by atoms with E-state index in [4.69, 9.17) is 4.98 Å². The van der Waals surface area contributed by atoms with Crippen molar-refractivity contribution in [1.82, 2.24) is 24.5 Å². The van der Waals surface area contributed by atoms with Gasteiger partial charge in [0.2, 0.25) is 0 Å². The van der Waals surface area contributed by atoms with Gasteiger partial charge >= 0.3 is 0 Å². The zero-order valence-electron chi connectivity index (χ0n) is 16.7. The van der Waals surface area contributed by atoms with Crippen LogP contribution in [0.15, 0.2) is 71.9 Å². The molecule has 2 N–H and O–H groups in total. The maximum Gasteiger partial charge on any atom is 0.269 e. The Kier molecular flexibility index (Phi) is 4.66. The predicted molar refractivity (Wildman–Crippen MR) is 118 cm³/mol. The fourth-order valence-corrected chi connectivity index (χ4v) is 3.77. The van der Waals surface area contributed by atoms with Crippen LogP contribution in [0.4, 0.5) is 10.1 Å². The number of benzene rings is 2. The van der Waals surface area contributed by atoms with Crippen LogP contribution in [0, 0.1) is 5.82 Å². The van der Waals surface area contributed by atoms with Crippen molar-refractivity contribution in [2.45, 2.75) is 19.4 Å². The smallest absolute Gasteiger partial charge is 0.269 e. The van der Waals surface area contributed by atoms with Crippen molar-refractivity contribution in [3.05, 3.63) is 89.1 Å². The Morgan fingerprint density at radius 2 is 1.94 bits per heavy atom. The largest absolute Gasteiger partial charge is 0.373 e. The van der Waals surface area contributed by atoms with E-state index < -0.39 is 11.4 Å². The van der Waals surface area contributed by atoms with Crippen LogP contribution in [0.5, 0.6) is 0 Å². The zero-order chi connectivity index (χ0) is 21.4. The summed E-state index contributed by atoms with van der Waals surface area (Å²) in [5.74, 6) is -0.0862. The van der Waals surface area contributed by atoms with E-state index in [0.29, 0.717) is 34.6 Å². The number of aromatic nitrogens is 5. The highest BCUT2D eigenvalue weighted by atomic mass is 19.1. The van der Waals surface area contributed by atoms with Crippen LogP contribution in [0.25, 0.3) is 27.8 Å². The third-order valence-electron chi connectivity index (χ3n) is 5.26. The van der Waals surface area contributed by atoms with E-state index in [9.17, 15) is 9.18 Å². The van der Waals surface area contributed by atoms with Gasteiger partial charge in [-0.1, -0.05) is 31.2 Å². The summed E-state index contributed by atoms with van der Waals surface area (Å²) in [6.45, 7) is 2.00. The average Bonchev–Trinajstić information content (AvgIpc) is 3.27. The molecule has 0 bridgehead atoms. The van der Waals surface area contributed by atoms with E-state index in [-0.39, 0.29) is 11.4 Å². The molecule has 5 rings (SSSR count). The number of pyridine rings is 1. The summed E-state index contributed by atoms with van der Waals surface area (Å²) in [4.78, 5) is 29.8. The van der Waals surface area contributed by atoms with E-state index in [0.717, 1.165) is 5.69 Å². The van der Waals surface area contributed by atoms with Gasteiger partial charge in [0.15, 0.2) is 5.65 Å². The molecule has 0 aliphatic rings. The van der Waals surface area contributed by atoms with Crippen molar-refractivity contribution < 1.29 is 4.39 Å². The molecule has 154 valence electrons. The minimum atomic E-state index is -0.584. The summed E-state index contributed by atoms with van der Waals surface area (Å²) in [6.07, 6.45) is 3.90. The Labute approximate surface area is 176 Å². The number of nitrogens with zero attached hydrogens (tertiary/aromatic N) is 4. The number of aromatic amines is 1. The average molecular weight is 414 g/mol. The van der Waals surface area contributed by atoms with Crippen LogP contribution >= 0.6 is 0 Å². The molecular weight excluding hydrogens is 395 g/mol. The molecule has 0 saturated heterocycles. The lowest BCUT2D eigenvalue weighted by Crippen LogP contribution is -2.28. The maximum atomic E-state index is 14.6. The second-order valence-electron chi connectivity index (χ2n) is 7.14. The molecule has 31 heavy (non-hydrogen) atoms. The van der Waals surface area contributed by atoms with Crippen molar-refractivity contribution in [3.8, 4) is 5.69 Å². The van der Waals surface area contributed by atoms with Crippen molar-refractivity contribution >= 4 is 27.8 Å². The standard InChI is InChI=1S/C23H19FN6O/c1-2-16(28-18-11-12-25-21-20(18)26-13-27-21)22-29-17-10-6-9-15(24)19(17)23(31)30(22)14-7-4-3-5-8-14/h3-13,16H,2H2,1H3,(H2,25,26,27,28)/t16-/m0/s1. The first-order chi connectivity index (χ1) is 15.2. The summed E-state index contributed by atoms with van der Waals surface area (Å²) in [5.41, 5.74) is 2.64. The summed E-state index contributed by atoms with van der Waals surface area (Å²) >= 11 is 0. The van der Waals surface area contributed by atoms with Gasteiger partial charge in [0.1, 0.15) is 22.5 Å². The van der Waals surface area contributed by atoms with E-state index in [2.05, 4.69) is 20.3 Å².